The van der Waals surface area contributed by atoms with E-state index in [1.54, 1.807) is 24.3 Å². The third-order valence-corrected chi connectivity index (χ3v) is 3.25. The Labute approximate surface area is 127 Å². The van der Waals surface area contributed by atoms with Crippen LogP contribution >= 0.6 is 0 Å². The molecule has 8 nitrogen and oxygen atoms in total. The topological polar surface area (TPSA) is 131 Å². The summed E-state index contributed by atoms with van der Waals surface area (Å²) in [5.41, 5.74) is 6.10. The zero-order chi connectivity index (χ0) is 16.3. The van der Waals surface area contributed by atoms with Crippen molar-refractivity contribution in [2.24, 2.45) is 0 Å². The minimum Gasteiger partial charge on any atom is -0.463 e. The average molecular weight is 313 g/mol. The zero-order valence-corrected chi connectivity index (χ0v) is 12.0. The molecule has 1 aromatic carbocycles. The van der Waals surface area contributed by atoms with Crippen LogP contribution in [0, 0.1) is 0 Å². The monoisotopic (exact) mass is 313 g/mol. The Hall–Kier alpha value is -1.87. The molecular formula is C14H19NO7. The first-order chi connectivity index (χ1) is 10.4. The lowest BCUT2D eigenvalue weighted by Gasteiger charge is -2.39. The van der Waals surface area contributed by atoms with E-state index in [1.807, 2.05) is 0 Å². The molecule has 1 aromatic rings. The van der Waals surface area contributed by atoms with Gasteiger partial charge >= 0.3 is 5.97 Å². The molecular weight excluding hydrogens is 294 g/mol. The van der Waals surface area contributed by atoms with Crippen LogP contribution in [0.25, 0.3) is 0 Å². The van der Waals surface area contributed by atoms with Crippen LogP contribution in [0.2, 0.25) is 0 Å². The van der Waals surface area contributed by atoms with Crippen molar-refractivity contribution in [2.75, 3.05) is 12.3 Å². The smallest absolute Gasteiger partial charge is 0.302 e. The van der Waals surface area contributed by atoms with E-state index in [9.17, 15) is 20.1 Å². The highest BCUT2D eigenvalue weighted by atomic mass is 16.7. The molecule has 1 heterocycles. The number of anilines is 1. The first kappa shape index (κ1) is 16.5. The van der Waals surface area contributed by atoms with Gasteiger partial charge in [0.15, 0.2) is 0 Å². The summed E-state index contributed by atoms with van der Waals surface area (Å²) in [5.74, 6) is -0.180. The van der Waals surface area contributed by atoms with Gasteiger partial charge in [-0.1, -0.05) is 0 Å². The highest BCUT2D eigenvalue weighted by molar-refractivity contribution is 5.65. The van der Waals surface area contributed by atoms with Crippen LogP contribution in [0.1, 0.15) is 6.92 Å². The van der Waals surface area contributed by atoms with E-state index in [2.05, 4.69) is 0 Å². The van der Waals surface area contributed by atoms with E-state index in [0.29, 0.717) is 11.4 Å². The van der Waals surface area contributed by atoms with Crippen molar-refractivity contribution in [1.82, 2.24) is 0 Å². The summed E-state index contributed by atoms with van der Waals surface area (Å²) in [4.78, 5) is 10.8. The second-order valence-corrected chi connectivity index (χ2v) is 5.00. The summed E-state index contributed by atoms with van der Waals surface area (Å²) in [6.45, 7) is 0.949. The van der Waals surface area contributed by atoms with Crippen molar-refractivity contribution in [1.29, 1.82) is 0 Å². The van der Waals surface area contributed by atoms with Gasteiger partial charge in [-0.25, -0.2) is 0 Å². The summed E-state index contributed by atoms with van der Waals surface area (Å²) >= 11 is 0. The molecule has 0 saturated carbocycles. The molecule has 0 aromatic heterocycles. The molecule has 0 amide bonds. The highest BCUT2D eigenvalue weighted by Gasteiger charge is 2.45. The number of aliphatic hydroxyl groups excluding tert-OH is 3. The maximum Gasteiger partial charge on any atom is 0.302 e. The summed E-state index contributed by atoms with van der Waals surface area (Å²) in [5, 5.41) is 29.6. The predicted molar refractivity (Wildman–Crippen MR) is 74.8 cm³/mol. The number of benzene rings is 1. The highest BCUT2D eigenvalue weighted by Crippen LogP contribution is 2.25. The fourth-order valence-corrected chi connectivity index (χ4v) is 2.03. The van der Waals surface area contributed by atoms with Gasteiger partial charge in [-0.2, -0.15) is 0 Å². The van der Waals surface area contributed by atoms with E-state index in [1.165, 1.54) is 6.92 Å². The Kier molecular flexibility index (Phi) is 5.19. The van der Waals surface area contributed by atoms with Gasteiger partial charge in [0.05, 0.1) is 0 Å². The van der Waals surface area contributed by atoms with Gasteiger partial charge in [-0.05, 0) is 24.3 Å². The van der Waals surface area contributed by atoms with Crippen molar-refractivity contribution in [3.05, 3.63) is 24.3 Å². The van der Waals surface area contributed by atoms with Crippen LogP contribution in [0.5, 0.6) is 5.75 Å². The Balaban J connectivity index is 2.05. The first-order valence-corrected chi connectivity index (χ1v) is 6.73. The maximum absolute atomic E-state index is 10.8. The third kappa shape index (κ3) is 3.86. The second kappa shape index (κ2) is 6.93. The Morgan fingerprint density at radius 1 is 1.18 bits per heavy atom. The van der Waals surface area contributed by atoms with Crippen molar-refractivity contribution >= 4 is 11.7 Å². The number of ether oxygens (including phenoxy) is 3. The van der Waals surface area contributed by atoms with Crippen LogP contribution in [-0.2, 0) is 14.3 Å². The lowest BCUT2D eigenvalue weighted by molar-refractivity contribution is -0.278. The molecule has 0 bridgehead atoms. The molecule has 1 saturated heterocycles. The molecule has 0 aliphatic carbocycles. The number of carbonyl (C=O) groups excluding carboxylic acids is 1. The van der Waals surface area contributed by atoms with Crippen LogP contribution in [0.4, 0.5) is 5.69 Å². The molecule has 1 fully saturated rings. The van der Waals surface area contributed by atoms with Crippen molar-refractivity contribution < 1.29 is 34.3 Å². The standard InChI is InChI=1S/C14H19NO7/c1-7(16)20-6-10-11(17)12(18)13(19)14(22-10)21-9-4-2-8(15)3-5-9/h2-5,10-14,17-19H,6,15H2,1H3. The summed E-state index contributed by atoms with van der Waals surface area (Å²) < 4.78 is 15.6. The fourth-order valence-electron chi connectivity index (χ4n) is 2.03. The van der Waals surface area contributed by atoms with E-state index >= 15 is 0 Å². The van der Waals surface area contributed by atoms with Gasteiger partial charge in [0.2, 0.25) is 6.29 Å². The van der Waals surface area contributed by atoms with Gasteiger partial charge in [-0.3, -0.25) is 4.79 Å². The third-order valence-electron chi connectivity index (χ3n) is 3.25. The van der Waals surface area contributed by atoms with Gasteiger partial charge in [0, 0.05) is 12.6 Å². The van der Waals surface area contributed by atoms with Crippen molar-refractivity contribution in [3.8, 4) is 5.75 Å². The van der Waals surface area contributed by atoms with Crippen molar-refractivity contribution in [2.45, 2.75) is 37.6 Å². The van der Waals surface area contributed by atoms with Crippen LogP contribution in [-0.4, -0.2) is 58.6 Å². The van der Waals surface area contributed by atoms with E-state index < -0.39 is 36.7 Å². The average Bonchev–Trinajstić information content (AvgIpc) is 2.48. The molecule has 2 rings (SSSR count). The lowest BCUT2D eigenvalue weighted by Crippen LogP contribution is -2.60. The Morgan fingerprint density at radius 2 is 1.82 bits per heavy atom. The minimum absolute atomic E-state index is 0.262. The number of hydrogen-bond donors (Lipinski definition) is 4. The SMILES string of the molecule is CC(=O)OCC1OC(Oc2ccc(N)cc2)C(O)C(O)C1O. The number of nitrogens with two attached hydrogens (primary N) is 1. The molecule has 1 aliphatic rings. The van der Waals surface area contributed by atoms with E-state index in [4.69, 9.17) is 19.9 Å². The molecule has 0 radical (unpaired) electrons. The van der Waals surface area contributed by atoms with Gasteiger partial charge in [0.25, 0.3) is 0 Å². The number of rotatable bonds is 4. The lowest BCUT2D eigenvalue weighted by atomic mass is 9.99. The zero-order valence-electron chi connectivity index (χ0n) is 12.0. The van der Waals surface area contributed by atoms with E-state index in [-0.39, 0.29) is 6.61 Å². The quantitative estimate of drug-likeness (QED) is 0.412. The molecule has 5 N–H and O–H groups in total. The Bertz CT molecular complexity index is 506. The van der Waals surface area contributed by atoms with Gasteiger partial charge in [-0.15, -0.1) is 0 Å². The molecule has 1 aliphatic heterocycles. The summed E-state index contributed by atoms with van der Waals surface area (Å²) in [7, 11) is 0. The van der Waals surface area contributed by atoms with Crippen LogP contribution in [0.3, 0.4) is 0 Å². The number of nitrogen functional groups attached to an aromatic ring is 1. The molecule has 22 heavy (non-hydrogen) atoms. The Morgan fingerprint density at radius 3 is 2.41 bits per heavy atom. The molecule has 8 heteroatoms. The number of aliphatic hydroxyl groups is 3. The second-order valence-electron chi connectivity index (χ2n) is 5.00. The van der Waals surface area contributed by atoms with Gasteiger partial charge in [0.1, 0.15) is 36.8 Å². The van der Waals surface area contributed by atoms with Crippen molar-refractivity contribution in [3.63, 3.8) is 0 Å². The molecule has 5 atom stereocenters. The fraction of sp³-hybridized carbons (Fsp3) is 0.500. The van der Waals surface area contributed by atoms with Crippen LogP contribution in [0.15, 0.2) is 24.3 Å². The normalized spacial score (nSPS) is 31.5. The predicted octanol–water partition coefficient (Wildman–Crippen LogP) is -0.982. The molecule has 122 valence electrons. The first-order valence-electron chi connectivity index (χ1n) is 6.73. The molecule has 5 unspecified atom stereocenters. The summed E-state index contributed by atoms with van der Waals surface area (Å²) in [6.07, 6.45) is -6.58. The number of carbonyl (C=O) groups is 1. The maximum atomic E-state index is 10.8. The van der Waals surface area contributed by atoms with Crippen LogP contribution < -0.4 is 10.5 Å². The largest absolute Gasteiger partial charge is 0.463 e. The van der Waals surface area contributed by atoms with Gasteiger partial charge < -0.3 is 35.3 Å². The number of esters is 1. The number of hydrogen-bond acceptors (Lipinski definition) is 8. The summed E-state index contributed by atoms with van der Waals surface area (Å²) in [6, 6.07) is 6.35. The molecule has 0 spiro atoms. The minimum atomic E-state index is -1.49. The van der Waals surface area contributed by atoms with E-state index in [0.717, 1.165) is 0 Å².